The van der Waals surface area contributed by atoms with Gasteiger partial charge in [0.25, 0.3) is 0 Å². The predicted octanol–water partition coefficient (Wildman–Crippen LogP) is 5.89. The minimum Gasteiger partial charge on any atom is -0.462 e. The number of benzene rings is 1. The third kappa shape index (κ3) is 1.38. The highest BCUT2D eigenvalue weighted by atomic mass is 16.3. The topological polar surface area (TPSA) is 21.3 Å². The van der Waals surface area contributed by atoms with Gasteiger partial charge in [-0.2, -0.15) is 0 Å². The van der Waals surface area contributed by atoms with Crippen molar-refractivity contribution >= 4 is 16.8 Å². The third-order valence-corrected chi connectivity index (χ3v) is 8.22. The lowest BCUT2D eigenvalue weighted by Gasteiger charge is -2.61. The second-order valence-electron chi connectivity index (χ2n) is 9.34. The fourth-order valence-electron chi connectivity index (χ4n) is 5.98. The molecule has 0 radical (unpaired) electrons. The van der Waals surface area contributed by atoms with Gasteiger partial charge in [0.2, 0.25) is 0 Å². The molecule has 3 heteroatoms. The van der Waals surface area contributed by atoms with Gasteiger partial charge in [-0.25, -0.2) is 0 Å². The van der Waals surface area contributed by atoms with Crippen LogP contribution in [-0.2, 0) is 18.0 Å². The SMILES string of the molecule is CC1c2c(c3occc3n2C)C2(C)N1c1ccccc1C(C)(C)C2(C)C. The highest BCUT2D eigenvalue weighted by Crippen LogP contribution is 2.68. The molecule has 0 aliphatic carbocycles. The first-order chi connectivity index (χ1) is 12.2. The van der Waals surface area contributed by atoms with Crippen molar-refractivity contribution in [2.75, 3.05) is 4.90 Å². The summed E-state index contributed by atoms with van der Waals surface area (Å²) in [6.07, 6.45) is 1.83. The van der Waals surface area contributed by atoms with Gasteiger partial charge in [0.15, 0.2) is 5.58 Å². The molecule has 3 nitrogen and oxygen atoms in total. The molecule has 0 spiro atoms. The summed E-state index contributed by atoms with van der Waals surface area (Å²) in [5.41, 5.74) is 7.73. The van der Waals surface area contributed by atoms with Gasteiger partial charge in [-0.3, -0.25) is 0 Å². The quantitative estimate of drug-likeness (QED) is 0.505. The van der Waals surface area contributed by atoms with Crippen LogP contribution in [0.4, 0.5) is 5.69 Å². The molecule has 0 amide bonds. The third-order valence-electron chi connectivity index (χ3n) is 8.22. The highest BCUT2D eigenvalue weighted by Gasteiger charge is 2.65. The lowest BCUT2D eigenvalue weighted by Crippen LogP contribution is -2.61. The summed E-state index contributed by atoms with van der Waals surface area (Å²) < 4.78 is 8.39. The van der Waals surface area contributed by atoms with Crippen LogP contribution in [-0.4, -0.2) is 4.57 Å². The van der Waals surface area contributed by atoms with Gasteiger partial charge < -0.3 is 13.9 Å². The summed E-state index contributed by atoms with van der Waals surface area (Å²) in [5.74, 6) is 0. The van der Waals surface area contributed by atoms with Crippen molar-refractivity contribution in [2.24, 2.45) is 12.5 Å². The van der Waals surface area contributed by atoms with Gasteiger partial charge in [0.05, 0.1) is 23.4 Å². The molecule has 2 aliphatic heterocycles. The van der Waals surface area contributed by atoms with Gasteiger partial charge in [-0.15, -0.1) is 0 Å². The van der Waals surface area contributed by atoms with Crippen molar-refractivity contribution in [1.29, 1.82) is 0 Å². The minimum atomic E-state index is -0.142. The number of hydrogen-bond acceptors (Lipinski definition) is 2. The maximum absolute atomic E-state index is 6.05. The fraction of sp³-hybridized carbons (Fsp3) is 0.478. The molecule has 4 heterocycles. The zero-order chi connectivity index (χ0) is 18.6. The molecule has 136 valence electrons. The van der Waals surface area contributed by atoms with Crippen LogP contribution < -0.4 is 4.90 Å². The smallest absolute Gasteiger partial charge is 0.157 e. The van der Waals surface area contributed by atoms with Crippen molar-refractivity contribution in [2.45, 2.75) is 58.5 Å². The van der Waals surface area contributed by atoms with Crippen LogP contribution in [0.5, 0.6) is 0 Å². The second kappa shape index (κ2) is 4.39. The molecule has 0 saturated heterocycles. The summed E-state index contributed by atoms with van der Waals surface area (Å²) in [6, 6.07) is 11.4. The van der Waals surface area contributed by atoms with Gasteiger partial charge >= 0.3 is 0 Å². The Balaban J connectivity index is 1.96. The summed E-state index contributed by atoms with van der Waals surface area (Å²) in [5, 5.41) is 0. The summed E-state index contributed by atoms with van der Waals surface area (Å²) in [4.78, 5) is 2.65. The lowest BCUT2D eigenvalue weighted by atomic mass is 9.51. The van der Waals surface area contributed by atoms with Crippen LogP contribution in [0.3, 0.4) is 0 Å². The first-order valence-electron chi connectivity index (χ1n) is 9.61. The molecule has 0 fully saturated rings. The number of furan rings is 1. The van der Waals surface area contributed by atoms with Gasteiger partial charge in [-0.05, 0) is 30.9 Å². The molecule has 2 unspecified atom stereocenters. The van der Waals surface area contributed by atoms with E-state index in [4.69, 9.17) is 4.42 Å². The van der Waals surface area contributed by atoms with E-state index in [1.807, 2.05) is 6.26 Å². The summed E-state index contributed by atoms with van der Waals surface area (Å²) >= 11 is 0. The first-order valence-corrected chi connectivity index (χ1v) is 9.61. The fourth-order valence-corrected chi connectivity index (χ4v) is 5.98. The van der Waals surface area contributed by atoms with Crippen molar-refractivity contribution in [1.82, 2.24) is 4.57 Å². The molecule has 26 heavy (non-hydrogen) atoms. The van der Waals surface area contributed by atoms with Crippen molar-refractivity contribution in [3.63, 3.8) is 0 Å². The molecule has 1 aromatic carbocycles. The number of aromatic nitrogens is 1. The van der Waals surface area contributed by atoms with E-state index in [-0.39, 0.29) is 16.4 Å². The van der Waals surface area contributed by atoms with E-state index in [0.717, 1.165) is 5.58 Å². The van der Waals surface area contributed by atoms with E-state index < -0.39 is 0 Å². The van der Waals surface area contributed by atoms with Gasteiger partial charge in [0.1, 0.15) is 0 Å². The van der Waals surface area contributed by atoms with E-state index in [0.29, 0.717) is 6.04 Å². The summed E-state index contributed by atoms with van der Waals surface area (Å²) in [6.45, 7) is 14.4. The van der Waals surface area contributed by atoms with Crippen LogP contribution in [0.1, 0.15) is 64.4 Å². The number of rotatable bonds is 0. The van der Waals surface area contributed by atoms with Gasteiger partial charge in [-0.1, -0.05) is 45.9 Å². The maximum Gasteiger partial charge on any atom is 0.157 e. The lowest BCUT2D eigenvalue weighted by molar-refractivity contribution is 0.0656. The molecule has 5 rings (SSSR count). The number of aryl methyl sites for hydroxylation is 1. The Morgan fingerprint density at radius 3 is 2.42 bits per heavy atom. The molecule has 0 N–H and O–H groups in total. The zero-order valence-electron chi connectivity index (χ0n) is 16.8. The van der Waals surface area contributed by atoms with E-state index in [9.17, 15) is 0 Å². The Labute approximate surface area is 155 Å². The predicted molar refractivity (Wildman–Crippen MR) is 107 cm³/mol. The van der Waals surface area contributed by atoms with E-state index >= 15 is 0 Å². The van der Waals surface area contributed by atoms with Gasteiger partial charge in [0, 0.05) is 35.5 Å². The number of para-hydroxylation sites is 1. The van der Waals surface area contributed by atoms with Crippen LogP contribution in [0, 0.1) is 5.41 Å². The summed E-state index contributed by atoms with van der Waals surface area (Å²) in [7, 11) is 2.18. The Hall–Kier alpha value is -2.16. The number of fused-ring (bicyclic) bond motifs is 7. The van der Waals surface area contributed by atoms with Crippen molar-refractivity contribution in [3.05, 3.63) is 53.4 Å². The molecule has 3 aromatic rings. The normalized spacial score (nSPS) is 28.1. The Bertz CT molecular complexity index is 1050. The highest BCUT2D eigenvalue weighted by molar-refractivity contribution is 5.86. The van der Waals surface area contributed by atoms with Crippen molar-refractivity contribution < 1.29 is 4.42 Å². The van der Waals surface area contributed by atoms with Crippen LogP contribution in [0.2, 0.25) is 0 Å². The van der Waals surface area contributed by atoms with E-state index in [1.54, 1.807) is 0 Å². The second-order valence-corrected chi connectivity index (χ2v) is 9.34. The Morgan fingerprint density at radius 1 is 1.00 bits per heavy atom. The zero-order valence-corrected chi connectivity index (χ0v) is 16.8. The molecule has 2 aromatic heterocycles. The average molecular weight is 348 g/mol. The number of nitrogens with zero attached hydrogens (tertiary/aromatic N) is 2. The van der Waals surface area contributed by atoms with E-state index in [2.05, 4.69) is 88.4 Å². The van der Waals surface area contributed by atoms with E-state index in [1.165, 1.54) is 28.0 Å². The number of hydrogen-bond donors (Lipinski definition) is 0. The first kappa shape index (κ1) is 16.0. The standard InChI is InChI=1S/C23H28N2O/c1-14-19-18(20-17(24(19)7)12-13-26-20)23(6)22(4,5)21(2,3)15-10-8-9-11-16(15)25(14)23/h8-14H,1-7H3. The number of anilines is 1. The average Bonchev–Trinajstić information content (AvgIpc) is 3.21. The minimum absolute atomic E-state index is 0.00887. The van der Waals surface area contributed by atoms with Crippen molar-refractivity contribution in [3.8, 4) is 0 Å². The Kier molecular flexibility index (Phi) is 2.71. The van der Waals surface area contributed by atoms with Crippen LogP contribution in [0.25, 0.3) is 11.1 Å². The van der Waals surface area contributed by atoms with Crippen LogP contribution in [0.15, 0.2) is 41.0 Å². The largest absolute Gasteiger partial charge is 0.462 e. The monoisotopic (exact) mass is 348 g/mol. The molecule has 2 atom stereocenters. The molecule has 2 aliphatic rings. The molecule has 0 saturated carbocycles. The molecular formula is C23H28N2O. The molecular weight excluding hydrogens is 320 g/mol. The van der Waals surface area contributed by atoms with Crippen LogP contribution >= 0.6 is 0 Å². The maximum atomic E-state index is 6.05. The molecule has 0 bridgehead atoms. The Morgan fingerprint density at radius 2 is 1.69 bits per heavy atom.